The molecule has 0 fully saturated rings. The Morgan fingerprint density at radius 2 is 2.05 bits per heavy atom. The number of rotatable bonds is 5. The fourth-order valence-electron chi connectivity index (χ4n) is 1.91. The predicted molar refractivity (Wildman–Crippen MR) is 71.2 cm³/mol. The Labute approximate surface area is 115 Å². The standard InChI is InChI=1S/C15H14F2N2O/c1-10(4-5-12-3-2-6-20-12)19-15-13(16)7-11(9-18)8-14(15)17/h2-3,6-8,10,19H,4-5H2,1H3. The molecule has 0 saturated heterocycles. The fraction of sp³-hybridized carbons (Fsp3) is 0.267. The van der Waals surface area contributed by atoms with Gasteiger partial charge in [-0.15, -0.1) is 0 Å². The third kappa shape index (κ3) is 3.35. The second kappa shape index (κ2) is 6.20. The van der Waals surface area contributed by atoms with Gasteiger partial charge in [-0.2, -0.15) is 5.26 Å². The number of benzene rings is 1. The number of nitriles is 1. The van der Waals surface area contributed by atoms with Crippen molar-refractivity contribution < 1.29 is 13.2 Å². The Morgan fingerprint density at radius 1 is 1.35 bits per heavy atom. The van der Waals surface area contributed by atoms with E-state index in [0.29, 0.717) is 12.8 Å². The zero-order chi connectivity index (χ0) is 14.5. The minimum absolute atomic E-state index is 0.0335. The second-order valence-electron chi connectivity index (χ2n) is 4.59. The number of nitrogens with one attached hydrogen (secondary N) is 1. The Balaban J connectivity index is 2.01. The van der Waals surface area contributed by atoms with E-state index in [-0.39, 0.29) is 17.3 Å². The summed E-state index contributed by atoms with van der Waals surface area (Å²) in [5.74, 6) is -0.683. The molecule has 3 nitrogen and oxygen atoms in total. The van der Waals surface area contributed by atoms with Crippen molar-refractivity contribution in [1.29, 1.82) is 5.26 Å². The van der Waals surface area contributed by atoms with Crippen molar-refractivity contribution in [2.45, 2.75) is 25.8 Å². The van der Waals surface area contributed by atoms with Crippen LogP contribution in [0.1, 0.15) is 24.7 Å². The van der Waals surface area contributed by atoms with Crippen LogP contribution in [0.15, 0.2) is 34.9 Å². The van der Waals surface area contributed by atoms with Gasteiger partial charge in [-0.25, -0.2) is 8.78 Å². The largest absolute Gasteiger partial charge is 0.469 e. The van der Waals surface area contributed by atoms with Gasteiger partial charge in [-0.1, -0.05) is 0 Å². The number of furan rings is 1. The van der Waals surface area contributed by atoms with E-state index in [4.69, 9.17) is 9.68 Å². The van der Waals surface area contributed by atoms with E-state index in [1.54, 1.807) is 18.4 Å². The monoisotopic (exact) mass is 276 g/mol. The molecular formula is C15H14F2N2O. The van der Waals surface area contributed by atoms with E-state index >= 15 is 0 Å². The first-order valence-electron chi connectivity index (χ1n) is 6.28. The zero-order valence-electron chi connectivity index (χ0n) is 11.0. The van der Waals surface area contributed by atoms with Gasteiger partial charge < -0.3 is 9.73 Å². The molecule has 2 rings (SSSR count). The van der Waals surface area contributed by atoms with E-state index in [2.05, 4.69) is 5.32 Å². The van der Waals surface area contributed by atoms with Gasteiger partial charge in [-0.05, 0) is 37.6 Å². The Bertz CT molecular complexity index is 594. The first-order valence-corrected chi connectivity index (χ1v) is 6.28. The van der Waals surface area contributed by atoms with Crippen molar-refractivity contribution >= 4 is 5.69 Å². The van der Waals surface area contributed by atoms with Crippen LogP contribution in [-0.4, -0.2) is 6.04 Å². The van der Waals surface area contributed by atoms with Gasteiger partial charge in [0.2, 0.25) is 0 Å². The Kier molecular flexibility index (Phi) is 4.36. The molecule has 0 aliphatic rings. The molecule has 0 saturated carbocycles. The van der Waals surface area contributed by atoms with E-state index in [1.165, 1.54) is 0 Å². The van der Waals surface area contributed by atoms with Crippen LogP contribution in [0.25, 0.3) is 0 Å². The van der Waals surface area contributed by atoms with Crippen LogP contribution in [0.2, 0.25) is 0 Å². The molecule has 0 aliphatic carbocycles. The van der Waals surface area contributed by atoms with Crippen LogP contribution in [-0.2, 0) is 6.42 Å². The highest BCUT2D eigenvalue weighted by Crippen LogP contribution is 2.22. The topological polar surface area (TPSA) is 49.0 Å². The first kappa shape index (κ1) is 14.1. The van der Waals surface area contributed by atoms with Crippen molar-refractivity contribution in [1.82, 2.24) is 0 Å². The molecule has 104 valence electrons. The molecule has 20 heavy (non-hydrogen) atoms. The van der Waals surface area contributed by atoms with E-state index in [1.807, 2.05) is 13.0 Å². The van der Waals surface area contributed by atoms with Gasteiger partial charge >= 0.3 is 0 Å². The molecule has 1 aromatic carbocycles. The smallest absolute Gasteiger partial charge is 0.150 e. The third-order valence-corrected chi connectivity index (χ3v) is 2.97. The number of hydrogen-bond acceptors (Lipinski definition) is 3. The van der Waals surface area contributed by atoms with Gasteiger partial charge in [0.25, 0.3) is 0 Å². The molecule has 1 heterocycles. The average Bonchev–Trinajstić information content (AvgIpc) is 2.93. The highest BCUT2D eigenvalue weighted by atomic mass is 19.1. The summed E-state index contributed by atoms with van der Waals surface area (Å²) in [6.07, 6.45) is 2.94. The summed E-state index contributed by atoms with van der Waals surface area (Å²) in [6.45, 7) is 1.83. The van der Waals surface area contributed by atoms with Crippen molar-refractivity contribution in [2.24, 2.45) is 0 Å². The summed E-state index contributed by atoms with van der Waals surface area (Å²) >= 11 is 0. The molecule has 0 bridgehead atoms. The SMILES string of the molecule is CC(CCc1ccco1)Nc1c(F)cc(C#N)cc1F. The van der Waals surface area contributed by atoms with Crippen LogP contribution in [0.4, 0.5) is 14.5 Å². The second-order valence-corrected chi connectivity index (χ2v) is 4.59. The summed E-state index contributed by atoms with van der Waals surface area (Å²) in [6, 6.07) is 7.28. The Hall–Kier alpha value is -2.35. The van der Waals surface area contributed by atoms with Gasteiger partial charge in [0.1, 0.15) is 11.4 Å². The van der Waals surface area contributed by atoms with Crippen molar-refractivity contribution in [3.63, 3.8) is 0 Å². The molecule has 1 unspecified atom stereocenters. The lowest BCUT2D eigenvalue weighted by molar-refractivity contribution is 0.494. The number of halogens is 2. The van der Waals surface area contributed by atoms with Gasteiger partial charge in [0.05, 0.1) is 17.9 Å². The first-order chi connectivity index (χ1) is 9.60. The van der Waals surface area contributed by atoms with Crippen LogP contribution in [0, 0.1) is 23.0 Å². The number of nitrogens with zero attached hydrogens (tertiary/aromatic N) is 1. The lowest BCUT2D eigenvalue weighted by atomic mass is 10.1. The van der Waals surface area contributed by atoms with Crippen molar-refractivity contribution in [3.05, 3.63) is 53.5 Å². The maximum atomic E-state index is 13.7. The maximum absolute atomic E-state index is 13.7. The maximum Gasteiger partial charge on any atom is 0.150 e. The predicted octanol–water partition coefficient (Wildman–Crippen LogP) is 3.86. The third-order valence-electron chi connectivity index (χ3n) is 2.97. The minimum atomic E-state index is -0.758. The molecule has 1 N–H and O–H groups in total. The normalized spacial score (nSPS) is 11.9. The number of aryl methyl sites for hydroxylation is 1. The van der Waals surface area contributed by atoms with Crippen LogP contribution in [0.3, 0.4) is 0 Å². The van der Waals surface area contributed by atoms with E-state index in [9.17, 15) is 8.78 Å². The average molecular weight is 276 g/mol. The molecule has 0 spiro atoms. The van der Waals surface area contributed by atoms with E-state index in [0.717, 1.165) is 17.9 Å². The summed E-state index contributed by atoms with van der Waals surface area (Å²) in [7, 11) is 0. The Morgan fingerprint density at radius 3 is 2.60 bits per heavy atom. The molecule has 1 atom stereocenters. The van der Waals surface area contributed by atoms with Crippen molar-refractivity contribution in [2.75, 3.05) is 5.32 Å². The van der Waals surface area contributed by atoms with E-state index < -0.39 is 11.6 Å². The van der Waals surface area contributed by atoms with Crippen LogP contribution in [0.5, 0.6) is 0 Å². The molecule has 0 aliphatic heterocycles. The van der Waals surface area contributed by atoms with Gasteiger partial charge in [0.15, 0.2) is 11.6 Å². The summed E-state index contributed by atoms with van der Waals surface area (Å²) < 4.78 is 32.6. The summed E-state index contributed by atoms with van der Waals surface area (Å²) in [4.78, 5) is 0. The molecule has 1 aromatic heterocycles. The summed E-state index contributed by atoms with van der Waals surface area (Å²) in [5.41, 5.74) is -0.232. The van der Waals surface area contributed by atoms with Gasteiger partial charge in [0, 0.05) is 12.5 Å². The highest BCUT2D eigenvalue weighted by Gasteiger charge is 2.14. The molecular weight excluding hydrogens is 262 g/mol. The quantitative estimate of drug-likeness (QED) is 0.902. The van der Waals surface area contributed by atoms with Crippen LogP contribution >= 0.6 is 0 Å². The highest BCUT2D eigenvalue weighted by molar-refractivity contribution is 5.50. The van der Waals surface area contributed by atoms with Crippen LogP contribution < -0.4 is 5.32 Å². The molecule has 0 radical (unpaired) electrons. The molecule has 0 amide bonds. The fourth-order valence-corrected chi connectivity index (χ4v) is 1.91. The number of anilines is 1. The van der Waals surface area contributed by atoms with Gasteiger partial charge in [-0.3, -0.25) is 0 Å². The zero-order valence-corrected chi connectivity index (χ0v) is 11.0. The lowest BCUT2D eigenvalue weighted by Gasteiger charge is -2.16. The van der Waals surface area contributed by atoms with Crippen molar-refractivity contribution in [3.8, 4) is 6.07 Å². The molecule has 2 aromatic rings. The lowest BCUT2D eigenvalue weighted by Crippen LogP contribution is -2.18. The summed E-state index contributed by atoms with van der Waals surface area (Å²) in [5, 5.41) is 11.4. The molecule has 5 heteroatoms. The minimum Gasteiger partial charge on any atom is -0.469 e. The number of hydrogen-bond donors (Lipinski definition) is 1.